The highest BCUT2D eigenvalue weighted by molar-refractivity contribution is 5.75. The molecule has 0 aromatic rings. The molecule has 3 saturated carbocycles. The molecule has 0 aromatic heterocycles. The molecule has 2 heteroatoms. The van der Waals surface area contributed by atoms with Crippen LogP contribution in [0.3, 0.4) is 0 Å². The monoisotopic (exact) mass is 220 g/mol. The largest absolute Gasteiger partial charge is 0.459 e. The SMILES string of the molecule is CC1CC2(CC3CC2C2CCCC32)OC1=O. The third-order valence-electron chi connectivity index (χ3n) is 5.95. The van der Waals surface area contributed by atoms with Gasteiger partial charge < -0.3 is 4.74 Å². The van der Waals surface area contributed by atoms with Crippen molar-refractivity contribution in [2.45, 2.75) is 51.0 Å². The molecule has 2 nitrogen and oxygen atoms in total. The Bertz CT molecular complexity index is 351. The maximum Gasteiger partial charge on any atom is 0.309 e. The lowest BCUT2D eigenvalue weighted by Crippen LogP contribution is -2.41. The maximum atomic E-state index is 11.7. The van der Waals surface area contributed by atoms with E-state index in [1.807, 2.05) is 6.92 Å². The van der Waals surface area contributed by atoms with Gasteiger partial charge in [0, 0.05) is 12.3 Å². The first kappa shape index (κ1) is 9.49. The Morgan fingerprint density at radius 2 is 2.06 bits per heavy atom. The van der Waals surface area contributed by atoms with E-state index in [1.54, 1.807) is 0 Å². The molecular formula is C14H20O2. The van der Waals surface area contributed by atoms with Crippen LogP contribution in [0.4, 0.5) is 0 Å². The fourth-order valence-corrected chi connectivity index (χ4v) is 5.51. The van der Waals surface area contributed by atoms with Crippen molar-refractivity contribution in [3.05, 3.63) is 0 Å². The lowest BCUT2D eigenvalue weighted by molar-refractivity contribution is -0.156. The Labute approximate surface area is 96.7 Å². The van der Waals surface area contributed by atoms with Crippen molar-refractivity contribution in [3.63, 3.8) is 0 Å². The highest BCUT2D eigenvalue weighted by Gasteiger charge is 2.65. The second-order valence-corrected chi connectivity index (χ2v) is 6.66. The van der Waals surface area contributed by atoms with Gasteiger partial charge in [0.15, 0.2) is 0 Å². The zero-order valence-corrected chi connectivity index (χ0v) is 9.95. The van der Waals surface area contributed by atoms with Crippen molar-refractivity contribution in [2.24, 2.45) is 29.6 Å². The van der Waals surface area contributed by atoms with Crippen LogP contribution in [0, 0.1) is 29.6 Å². The molecule has 2 bridgehead atoms. The molecule has 4 fully saturated rings. The van der Waals surface area contributed by atoms with Crippen molar-refractivity contribution >= 4 is 5.97 Å². The van der Waals surface area contributed by atoms with Crippen LogP contribution in [-0.4, -0.2) is 11.6 Å². The van der Waals surface area contributed by atoms with Gasteiger partial charge in [-0.3, -0.25) is 4.79 Å². The molecule has 0 radical (unpaired) electrons. The topological polar surface area (TPSA) is 26.3 Å². The summed E-state index contributed by atoms with van der Waals surface area (Å²) in [6, 6.07) is 0. The molecule has 1 spiro atoms. The Kier molecular flexibility index (Phi) is 1.68. The van der Waals surface area contributed by atoms with E-state index >= 15 is 0 Å². The van der Waals surface area contributed by atoms with Crippen molar-refractivity contribution in [3.8, 4) is 0 Å². The van der Waals surface area contributed by atoms with Crippen LogP contribution >= 0.6 is 0 Å². The Morgan fingerprint density at radius 3 is 2.81 bits per heavy atom. The minimum absolute atomic E-state index is 0.00727. The molecule has 3 aliphatic carbocycles. The maximum absolute atomic E-state index is 11.7. The highest BCUT2D eigenvalue weighted by atomic mass is 16.6. The Morgan fingerprint density at radius 1 is 1.25 bits per heavy atom. The number of carbonyl (C=O) groups excluding carboxylic acids is 1. The van der Waals surface area contributed by atoms with E-state index in [-0.39, 0.29) is 17.5 Å². The standard InChI is InChI=1S/C14H20O2/c1-8-6-14(16-13(8)15)7-9-5-12(14)11-4-2-3-10(9)11/h8-12H,2-7H2,1H3. The van der Waals surface area contributed by atoms with Crippen molar-refractivity contribution in [1.82, 2.24) is 0 Å². The fraction of sp³-hybridized carbons (Fsp3) is 0.929. The molecule has 6 atom stereocenters. The Hall–Kier alpha value is -0.530. The lowest BCUT2D eigenvalue weighted by atomic mass is 9.71. The molecule has 88 valence electrons. The number of ether oxygens (including phenoxy) is 1. The molecule has 1 heterocycles. The predicted molar refractivity (Wildman–Crippen MR) is 59.6 cm³/mol. The minimum atomic E-state index is -0.00727. The van der Waals surface area contributed by atoms with E-state index in [4.69, 9.17) is 4.74 Å². The summed E-state index contributed by atoms with van der Waals surface area (Å²) in [5.74, 6) is 3.72. The van der Waals surface area contributed by atoms with Gasteiger partial charge in [-0.05, 0) is 43.4 Å². The van der Waals surface area contributed by atoms with E-state index in [2.05, 4.69) is 0 Å². The summed E-state index contributed by atoms with van der Waals surface area (Å²) in [4.78, 5) is 11.7. The third kappa shape index (κ3) is 0.970. The minimum Gasteiger partial charge on any atom is -0.459 e. The van der Waals surface area contributed by atoms with E-state index in [0.717, 1.165) is 30.1 Å². The summed E-state index contributed by atoms with van der Waals surface area (Å²) in [7, 11) is 0. The first-order chi connectivity index (χ1) is 7.70. The predicted octanol–water partition coefficient (Wildman–Crippen LogP) is 2.76. The van der Waals surface area contributed by atoms with Crippen LogP contribution in [0.15, 0.2) is 0 Å². The van der Waals surface area contributed by atoms with Gasteiger partial charge in [0.25, 0.3) is 0 Å². The summed E-state index contributed by atoms with van der Waals surface area (Å²) < 4.78 is 5.83. The average Bonchev–Trinajstić information content (AvgIpc) is 2.89. The highest BCUT2D eigenvalue weighted by Crippen LogP contribution is 2.65. The summed E-state index contributed by atoms with van der Waals surface area (Å²) in [5, 5.41) is 0. The zero-order chi connectivity index (χ0) is 10.9. The van der Waals surface area contributed by atoms with Crippen LogP contribution in [0.1, 0.15) is 45.4 Å². The molecule has 0 N–H and O–H groups in total. The molecule has 1 saturated heterocycles. The molecule has 0 amide bonds. The van der Waals surface area contributed by atoms with Crippen molar-refractivity contribution < 1.29 is 9.53 Å². The van der Waals surface area contributed by atoms with Crippen molar-refractivity contribution in [1.29, 1.82) is 0 Å². The number of rotatable bonds is 0. The first-order valence-corrected chi connectivity index (χ1v) is 6.92. The zero-order valence-electron chi connectivity index (χ0n) is 9.95. The average molecular weight is 220 g/mol. The van der Waals surface area contributed by atoms with Gasteiger partial charge in [-0.1, -0.05) is 13.3 Å². The van der Waals surface area contributed by atoms with E-state index in [9.17, 15) is 4.79 Å². The number of carbonyl (C=O) groups is 1. The van der Waals surface area contributed by atoms with Crippen LogP contribution in [-0.2, 0) is 9.53 Å². The molecule has 4 rings (SSSR count). The normalized spacial score (nSPS) is 58.3. The quantitative estimate of drug-likeness (QED) is 0.587. The number of hydrogen-bond acceptors (Lipinski definition) is 2. The molecule has 6 unspecified atom stereocenters. The summed E-state index contributed by atoms with van der Waals surface area (Å²) in [6.07, 6.45) is 7.83. The summed E-state index contributed by atoms with van der Waals surface area (Å²) >= 11 is 0. The lowest BCUT2D eigenvalue weighted by Gasteiger charge is -2.38. The van der Waals surface area contributed by atoms with Crippen LogP contribution in [0.2, 0.25) is 0 Å². The summed E-state index contributed by atoms with van der Waals surface area (Å²) in [5.41, 5.74) is -0.00727. The third-order valence-corrected chi connectivity index (χ3v) is 5.95. The van der Waals surface area contributed by atoms with Crippen molar-refractivity contribution in [2.75, 3.05) is 0 Å². The molecule has 4 aliphatic rings. The number of esters is 1. The van der Waals surface area contributed by atoms with Crippen LogP contribution < -0.4 is 0 Å². The fourth-order valence-electron chi connectivity index (χ4n) is 5.51. The van der Waals surface area contributed by atoms with Gasteiger partial charge in [-0.15, -0.1) is 0 Å². The number of hydrogen-bond donors (Lipinski definition) is 0. The van der Waals surface area contributed by atoms with Gasteiger partial charge >= 0.3 is 5.97 Å². The molecule has 16 heavy (non-hydrogen) atoms. The van der Waals surface area contributed by atoms with Gasteiger partial charge in [0.05, 0.1) is 5.92 Å². The smallest absolute Gasteiger partial charge is 0.309 e. The summed E-state index contributed by atoms with van der Waals surface area (Å²) in [6.45, 7) is 2.04. The Balaban J connectivity index is 1.67. The van der Waals surface area contributed by atoms with Gasteiger partial charge in [0.1, 0.15) is 5.60 Å². The molecule has 1 aliphatic heterocycles. The number of fused-ring (bicyclic) bond motifs is 6. The van der Waals surface area contributed by atoms with Gasteiger partial charge in [-0.2, -0.15) is 0 Å². The van der Waals surface area contributed by atoms with E-state index < -0.39 is 0 Å². The van der Waals surface area contributed by atoms with Gasteiger partial charge in [-0.25, -0.2) is 0 Å². The van der Waals surface area contributed by atoms with Crippen LogP contribution in [0.5, 0.6) is 0 Å². The molecular weight excluding hydrogens is 200 g/mol. The van der Waals surface area contributed by atoms with Gasteiger partial charge in [0.2, 0.25) is 0 Å². The van der Waals surface area contributed by atoms with E-state index in [0.29, 0.717) is 0 Å². The van der Waals surface area contributed by atoms with Crippen LogP contribution in [0.25, 0.3) is 0 Å². The van der Waals surface area contributed by atoms with E-state index in [1.165, 1.54) is 32.1 Å². The second-order valence-electron chi connectivity index (χ2n) is 6.66. The second kappa shape index (κ2) is 2.83. The molecule has 0 aromatic carbocycles. The first-order valence-electron chi connectivity index (χ1n) is 6.92.